The number of likely N-dealkylation sites (tertiary alicyclic amines) is 2. The van der Waals surface area contributed by atoms with E-state index in [4.69, 9.17) is 5.84 Å². The highest BCUT2D eigenvalue weighted by Gasteiger charge is 2.31. The van der Waals surface area contributed by atoms with Crippen LogP contribution < -0.4 is 11.3 Å². The van der Waals surface area contributed by atoms with Crippen molar-refractivity contribution in [1.82, 2.24) is 14.8 Å². The lowest BCUT2D eigenvalue weighted by Crippen LogP contribution is -2.37. The largest absolute Gasteiger partial charge is 0.337 e. The minimum atomic E-state index is 0.0746. The van der Waals surface area contributed by atoms with E-state index in [0.717, 1.165) is 19.5 Å². The molecule has 0 bridgehead atoms. The zero-order valence-electron chi connectivity index (χ0n) is 11.6. The maximum Gasteiger partial charge on any atom is 0.254 e. The molecule has 1 atom stereocenters. The van der Waals surface area contributed by atoms with Crippen molar-refractivity contribution >= 4 is 11.7 Å². The van der Waals surface area contributed by atoms with Gasteiger partial charge in [0.25, 0.3) is 5.91 Å². The standard InChI is InChI=1S/C14H21N5O/c15-17-13-9-11(3-5-16-13)14(20)19-8-4-12(10-19)18-6-1-2-7-18/h3,5,9,12H,1-2,4,6-8,10,15H2,(H,16,17). The molecule has 0 radical (unpaired) electrons. The third-order valence-corrected chi connectivity index (χ3v) is 4.26. The van der Waals surface area contributed by atoms with E-state index < -0.39 is 0 Å². The summed E-state index contributed by atoms with van der Waals surface area (Å²) in [5, 5.41) is 0. The third-order valence-electron chi connectivity index (χ3n) is 4.26. The molecule has 108 valence electrons. The molecule has 0 saturated carbocycles. The Bertz CT molecular complexity index is 486. The zero-order chi connectivity index (χ0) is 13.9. The topological polar surface area (TPSA) is 74.5 Å². The number of hydrogen-bond acceptors (Lipinski definition) is 5. The second-order valence-electron chi connectivity index (χ2n) is 5.51. The molecule has 2 aliphatic rings. The van der Waals surface area contributed by atoms with Crippen LogP contribution in [0.4, 0.5) is 5.82 Å². The van der Waals surface area contributed by atoms with E-state index in [1.165, 1.54) is 25.9 Å². The Labute approximate surface area is 118 Å². The highest BCUT2D eigenvalue weighted by molar-refractivity contribution is 5.95. The van der Waals surface area contributed by atoms with Gasteiger partial charge >= 0.3 is 0 Å². The van der Waals surface area contributed by atoms with Gasteiger partial charge in [0.15, 0.2) is 0 Å². The number of nitrogen functional groups attached to an aromatic ring is 1. The summed E-state index contributed by atoms with van der Waals surface area (Å²) in [6, 6.07) is 3.98. The van der Waals surface area contributed by atoms with Crippen molar-refractivity contribution in [3.8, 4) is 0 Å². The number of nitrogens with two attached hydrogens (primary N) is 1. The Morgan fingerprint density at radius 1 is 1.35 bits per heavy atom. The maximum atomic E-state index is 12.5. The Balaban J connectivity index is 1.65. The Morgan fingerprint density at radius 2 is 2.15 bits per heavy atom. The van der Waals surface area contributed by atoms with Crippen LogP contribution in [0.5, 0.6) is 0 Å². The van der Waals surface area contributed by atoms with E-state index in [0.29, 0.717) is 17.4 Å². The average Bonchev–Trinajstić information content (AvgIpc) is 3.17. The molecule has 6 heteroatoms. The van der Waals surface area contributed by atoms with Gasteiger partial charge in [-0.2, -0.15) is 0 Å². The molecular formula is C14H21N5O. The summed E-state index contributed by atoms with van der Waals surface area (Å²) in [4.78, 5) is 21.0. The fraction of sp³-hybridized carbons (Fsp3) is 0.571. The van der Waals surface area contributed by atoms with E-state index >= 15 is 0 Å². The maximum absolute atomic E-state index is 12.5. The first-order valence-electron chi connectivity index (χ1n) is 7.24. The Morgan fingerprint density at radius 3 is 2.90 bits per heavy atom. The number of rotatable bonds is 3. The minimum Gasteiger partial charge on any atom is -0.337 e. The van der Waals surface area contributed by atoms with Gasteiger partial charge in [0.2, 0.25) is 0 Å². The quantitative estimate of drug-likeness (QED) is 0.627. The van der Waals surface area contributed by atoms with Crippen LogP contribution in [0.25, 0.3) is 0 Å². The van der Waals surface area contributed by atoms with Gasteiger partial charge in [0, 0.05) is 30.9 Å². The number of nitrogens with zero attached hydrogens (tertiary/aromatic N) is 3. The smallest absolute Gasteiger partial charge is 0.254 e. The molecule has 3 heterocycles. The lowest BCUT2D eigenvalue weighted by Gasteiger charge is -2.23. The lowest BCUT2D eigenvalue weighted by atomic mass is 10.2. The summed E-state index contributed by atoms with van der Waals surface area (Å²) in [7, 11) is 0. The van der Waals surface area contributed by atoms with Gasteiger partial charge in [-0.3, -0.25) is 9.69 Å². The van der Waals surface area contributed by atoms with E-state index in [1.807, 2.05) is 4.90 Å². The van der Waals surface area contributed by atoms with Crippen LogP contribution in [-0.4, -0.2) is 52.9 Å². The molecule has 1 unspecified atom stereocenters. The second-order valence-corrected chi connectivity index (χ2v) is 5.51. The van der Waals surface area contributed by atoms with Crippen LogP contribution in [0, 0.1) is 0 Å². The number of nitrogens with one attached hydrogen (secondary N) is 1. The van der Waals surface area contributed by atoms with Gasteiger partial charge in [-0.1, -0.05) is 0 Å². The molecule has 2 fully saturated rings. The summed E-state index contributed by atoms with van der Waals surface area (Å²) in [6.07, 6.45) is 5.27. The Hall–Kier alpha value is -1.66. The molecule has 3 rings (SSSR count). The minimum absolute atomic E-state index is 0.0746. The van der Waals surface area contributed by atoms with Gasteiger partial charge in [-0.05, 0) is 44.5 Å². The number of amides is 1. The number of aromatic nitrogens is 1. The summed E-state index contributed by atoms with van der Waals surface area (Å²) < 4.78 is 0. The number of carbonyl (C=O) groups excluding carboxylic acids is 1. The molecule has 0 aromatic carbocycles. The normalized spacial score (nSPS) is 23.2. The van der Waals surface area contributed by atoms with Gasteiger partial charge in [0.05, 0.1) is 0 Å². The van der Waals surface area contributed by atoms with E-state index in [9.17, 15) is 4.79 Å². The number of pyridine rings is 1. The number of anilines is 1. The van der Waals surface area contributed by atoms with Gasteiger partial charge in [-0.25, -0.2) is 10.8 Å². The molecule has 2 aliphatic heterocycles. The molecule has 1 aromatic rings. The van der Waals surface area contributed by atoms with E-state index in [-0.39, 0.29) is 5.91 Å². The number of hydrogen-bond donors (Lipinski definition) is 2. The van der Waals surface area contributed by atoms with Crippen LogP contribution in [0.3, 0.4) is 0 Å². The predicted octanol–water partition coefficient (Wildman–Crippen LogP) is 0.677. The van der Waals surface area contributed by atoms with Crippen molar-refractivity contribution in [3.63, 3.8) is 0 Å². The molecule has 1 amide bonds. The lowest BCUT2D eigenvalue weighted by molar-refractivity contribution is 0.0780. The SMILES string of the molecule is NNc1cc(C(=O)N2CCC(N3CCCC3)C2)ccn1. The van der Waals surface area contributed by atoms with Crippen molar-refractivity contribution in [1.29, 1.82) is 0 Å². The molecule has 1 aromatic heterocycles. The molecule has 0 spiro atoms. The van der Waals surface area contributed by atoms with Crippen molar-refractivity contribution in [2.24, 2.45) is 5.84 Å². The van der Waals surface area contributed by atoms with Crippen molar-refractivity contribution in [3.05, 3.63) is 23.9 Å². The van der Waals surface area contributed by atoms with Gasteiger partial charge in [-0.15, -0.1) is 0 Å². The van der Waals surface area contributed by atoms with E-state index in [1.54, 1.807) is 18.3 Å². The van der Waals surface area contributed by atoms with Crippen LogP contribution >= 0.6 is 0 Å². The molecule has 0 aliphatic carbocycles. The predicted molar refractivity (Wildman–Crippen MR) is 77.2 cm³/mol. The number of carbonyl (C=O) groups is 1. The van der Waals surface area contributed by atoms with Crippen molar-refractivity contribution in [2.45, 2.75) is 25.3 Å². The van der Waals surface area contributed by atoms with Crippen LogP contribution in [0.2, 0.25) is 0 Å². The first-order valence-corrected chi connectivity index (χ1v) is 7.24. The van der Waals surface area contributed by atoms with Crippen molar-refractivity contribution in [2.75, 3.05) is 31.6 Å². The summed E-state index contributed by atoms with van der Waals surface area (Å²) in [5.41, 5.74) is 3.12. The fourth-order valence-corrected chi connectivity index (χ4v) is 3.16. The highest BCUT2D eigenvalue weighted by Crippen LogP contribution is 2.22. The molecule has 20 heavy (non-hydrogen) atoms. The van der Waals surface area contributed by atoms with Crippen molar-refractivity contribution < 1.29 is 4.79 Å². The molecule has 6 nitrogen and oxygen atoms in total. The first-order chi connectivity index (χ1) is 9.78. The number of hydrazine groups is 1. The first kappa shape index (κ1) is 13.3. The Kier molecular flexibility index (Phi) is 3.84. The van der Waals surface area contributed by atoms with Crippen LogP contribution in [0.1, 0.15) is 29.6 Å². The summed E-state index contributed by atoms with van der Waals surface area (Å²) >= 11 is 0. The summed E-state index contributed by atoms with van der Waals surface area (Å²) in [6.45, 7) is 4.05. The molecular weight excluding hydrogens is 254 g/mol. The fourth-order valence-electron chi connectivity index (χ4n) is 3.16. The summed E-state index contributed by atoms with van der Waals surface area (Å²) in [5.74, 6) is 5.93. The van der Waals surface area contributed by atoms with Gasteiger partial charge < -0.3 is 10.3 Å². The highest BCUT2D eigenvalue weighted by atomic mass is 16.2. The molecule has 3 N–H and O–H groups in total. The average molecular weight is 275 g/mol. The zero-order valence-corrected chi connectivity index (χ0v) is 11.6. The van der Waals surface area contributed by atoms with Crippen LogP contribution in [-0.2, 0) is 0 Å². The molecule has 2 saturated heterocycles. The van der Waals surface area contributed by atoms with Crippen LogP contribution in [0.15, 0.2) is 18.3 Å². The van der Waals surface area contributed by atoms with E-state index in [2.05, 4.69) is 15.3 Å². The third kappa shape index (κ3) is 2.62. The monoisotopic (exact) mass is 275 g/mol. The van der Waals surface area contributed by atoms with Gasteiger partial charge in [0.1, 0.15) is 5.82 Å². The second kappa shape index (κ2) is 5.76.